The molecule has 4 heteroatoms. The first-order valence-corrected chi connectivity index (χ1v) is 8.86. The van der Waals surface area contributed by atoms with E-state index >= 15 is 0 Å². The Balaban J connectivity index is 1.81. The summed E-state index contributed by atoms with van der Waals surface area (Å²) >= 11 is 0. The van der Waals surface area contributed by atoms with Gasteiger partial charge in [-0.05, 0) is 44.2 Å². The van der Waals surface area contributed by atoms with E-state index in [1.807, 2.05) is 0 Å². The van der Waals surface area contributed by atoms with E-state index in [0.29, 0.717) is 24.5 Å². The first-order chi connectivity index (χ1) is 10.1. The number of nitrogens with zero attached hydrogens (tertiary/aromatic N) is 1. The van der Waals surface area contributed by atoms with Gasteiger partial charge in [-0.3, -0.25) is 9.69 Å². The minimum atomic E-state index is 0.216. The normalized spacial score (nSPS) is 33.9. The van der Waals surface area contributed by atoms with Crippen LogP contribution in [0.5, 0.6) is 0 Å². The second-order valence-electron chi connectivity index (χ2n) is 7.00. The van der Waals surface area contributed by atoms with Crippen LogP contribution < -0.4 is 10.6 Å². The fraction of sp³-hybridized carbons (Fsp3) is 0.941. The van der Waals surface area contributed by atoms with Gasteiger partial charge < -0.3 is 10.6 Å². The van der Waals surface area contributed by atoms with Crippen molar-refractivity contribution >= 4 is 5.91 Å². The predicted molar refractivity (Wildman–Crippen MR) is 87.2 cm³/mol. The van der Waals surface area contributed by atoms with Crippen molar-refractivity contribution < 1.29 is 4.79 Å². The highest BCUT2D eigenvalue weighted by Gasteiger charge is 2.29. The van der Waals surface area contributed by atoms with Crippen LogP contribution in [-0.4, -0.2) is 49.1 Å². The van der Waals surface area contributed by atoms with E-state index in [4.69, 9.17) is 0 Å². The van der Waals surface area contributed by atoms with Gasteiger partial charge in [0.05, 0.1) is 6.54 Å². The Bertz CT molecular complexity index is 328. The number of amides is 1. The Labute approximate surface area is 130 Å². The molecule has 4 nitrogen and oxygen atoms in total. The Kier molecular flexibility index (Phi) is 6.49. The molecule has 0 spiro atoms. The van der Waals surface area contributed by atoms with Crippen LogP contribution >= 0.6 is 0 Å². The van der Waals surface area contributed by atoms with Crippen LogP contribution in [-0.2, 0) is 4.79 Å². The zero-order valence-corrected chi connectivity index (χ0v) is 14.0. The molecule has 1 amide bonds. The molecule has 2 rings (SSSR count). The molecule has 1 heterocycles. The largest absolute Gasteiger partial charge is 0.352 e. The fourth-order valence-corrected chi connectivity index (χ4v) is 3.87. The molecule has 2 fully saturated rings. The van der Waals surface area contributed by atoms with Crippen LogP contribution in [0.15, 0.2) is 0 Å². The summed E-state index contributed by atoms with van der Waals surface area (Å²) in [6, 6.07) is 0.904. The third kappa shape index (κ3) is 4.68. The van der Waals surface area contributed by atoms with Gasteiger partial charge in [0.15, 0.2) is 0 Å². The molecule has 0 aromatic heterocycles. The van der Waals surface area contributed by atoms with Crippen molar-refractivity contribution in [3.8, 4) is 0 Å². The monoisotopic (exact) mass is 295 g/mol. The van der Waals surface area contributed by atoms with E-state index in [-0.39, 0.29) is 5.91 Å². The van der Waals surface area contributed by atoms with Crippen molar-refractivity contribution in [2.75, 3.05) is 26.2 Å². The standard InChI is InChI=1S/C17H33N3O/c1-4-20(15-8-6-10-18-11-15)12-17(21)19-16-9-5-7-13(2)14(16)3/h13-16,18H,4-12H2,1-3H3,(H,19,21). The molecule has 0 aromatic rings. The van der Waals surface area contributed by atoms with Crippen LogP contribution in [0.2, 0.25) is 0 Å². The zero-order chi connectivity index (χ0) is 15.2. The van der Waals surface area contributed by atoms with Gasteiger partial charge in [-0.25, -0.2) is 0 Å². The summed E-state index contributed by atoms with van der Waals surface area (Å²) in [7, 11) is 0. The summed E-state index contributed by atoms with van der Waals surface area (Å²) in [5.41, 5.74) is 0. The molecular formula is C17H33N3O. The summed E-state index contributed by atoms with van der Waals surface area (Å²) in [6.07, 6.45) is 6.14. The quantitative estimate of drug-likeness (QED) is 0.815. The van der Waals surface area contributed by atoms with Gasteiger partial charge in [0.25, 0.3) is 0 Å². The van der Waals surface area contributed by atoms with Gasteiger partial charge in [0, 0.05) is 18.6 Å². The number of hydrogen-bond donors (Lipinski definition) is 2. The van der Waals surface area contributed by atoms with Crippen molar-refractivity contribution in [1.29, 1.82) is 0 Å². The molecule has 4 atom stereocenters. The van der Waals surface area contributed by atoms with Gasteiger partial charge in [-0.1, -0.05) is 33.6 Å². The zero-order valence-electron chi connectivity index (χ0n) is 14.0. The van der Waals surface area contributed by atoms with E-state index in [9.17, 15) is 4.79 Å². The summed E-state index contributed by atoms with van der Waals surface area (Å²) in [4.78, 5) is 14.7. The van der Waals surface area contributed by atoms with E-state index in [1.165, 1.54) is 25.7 Å². The second-order valence-corrected chi connectivity index (χ2v) is 7.00. The highest BCUT2D eigenvalue weighted by molar-refractivity contribution is 5.78. The maximum Gasteiger partial charge on any atom is 0.234 e. The lowest BCUT2D eigenvalue weighted by Gasteiger charge is -2.36. The Morgan fingerprint density at radius 1 is 1.24 bits per heavy atom. The molecule has 2 aliphatic rings. The number of nitrogens with one attached hydrogen (secondary N) is 2. The molecule has 122 valence electrons. The number of piperidine rings is 1. The molecule has 1 aliphatic heterocycles. The maximum atomic E-state index is 12.4. The highest BCUT2D eigenvalue weighted by Crippen LogP contribution is 2.29. The van der Waals surface area contributed by atoms with Crippen molar-refractivity contribution in [3.63, 3.8) is 0 Å². The van der Waals surface area contributed by atoms with Crippen LogP contribution in [0, 0.1) is 11.8 Å². The molecule has 0 radical (unpaired) electrons. The summed E-state index contributed by atoms with van der Waals surface area (Å²) in [6.45, 7) is 10.4. The minimum Gasteiger partial charge on any atom is -0.352 e. The molecule has 2 N–H and O–H groups in total. The van der Waals surface area contributed by atoms with Crippen LogP contribution in [0.3, 0.4) is 0 Å². The van der Waals surface area contributed by atoms with Crippen molar-refractivity contribution in [2.45, 2.75) is 65.0 Å². The van der Waals surface area contributed by atoms with Crippen LogP contribution in [0.4, 0.5) is 0 Å². The first-order valence-electron chi connectivity index (χ1n) is 8.86. The second kappa shape index (κ2) is 8.14. The summed E-state index contributed by atoms with van der Waals surface area (Å²) < 4.78 is 0. The van der Waals surface area contributed by atoms with E-state index in [2.05, 4.69) is 36.3 Å². The van der Waals surface area contributed by atoms with Gasteiger partial charge >= 0.3 is 0 Å². The summed E-state index contributed by atoms with van der Waals surface area (Å²) in [5.74, 6) is 1.55. The van der Waals surface area contributed by atoms with E-state index in [1.54, 1.807) is 0 Å². The third-order valence-corrected chi connectivity index (χ3v) is 5.59. The molecular weight excluding hydrogens is 262 g/mol. The SMILES string of the molecule is CCN(CC(=O)NC1CCCC(C)C1C)C1CCCNC1. The lowest BCUT2D eigenvalue weighted by molar-refractivity contribution is -0.124. The van der Waals surface area contributed by atoms with E-state index < -0.39 is 0 Å². The lowest BCUT2D eigenvalue weighted by atomic mass is 9.78. The summed E-state index contributed by atoms with van der Waals surface area (Å²) in [5, 5.41) is 6.75. The highest BCUT2D eigenvalue weighted by atomic mass is 16.2. The van der Waals surface area contributed by atoms with Gasteiger partial charge in [0.1, 0.15) is 0 Å². The number of hydrogen-bond acceptors (Lipinski definition) is 3. The van der Waals surface area contributed by atoms with Crippen molar-refractivity contribution in [3.05, 3.63) is 0 Å². The Hall–Kier alpha value is -0.610. The van der Waals surface area contributed by atoms with Crippen molar-refractivity contribution in [1.82, 2.24) is 15.5 Å². The smallest absolute Gasteiger partial charge is 0.234 e. The van der Waals surface area contributed by atoms with Gasteiger partial charge in [-0.2, -0.15) is 0 Å². The van der Waals surface area contributed by atoms with Gasteiger partial charge in [-0.15, -0.1) is 0 Å². The minimum absolute atomic E-state index is 0.216. The van der Waals surface area contributed by atoms with E-state index in [0.717, 1.165) is 32.0 Å². The fourth-order valence-electron chi connectivity index (χ4n) is 3.87. The molecule has 0 aromatic carbocycles. The molecule has 4 unspecified atom stereocenters. The number of carbonyl (C=O) groups is 1. The average molecular weight is 295 g/mol. The van der Waals surface area contributed by atoms with Crippen LogP contribution in [0.1, 0.15) is 52.9 Å². The number of carbonyl (C=O) groups excluding carboxylic acids is 1. The molecule has 1 saturated carbocycles. The molecule has 21 heavy (non-hydrogen) atoms. The van der Waals surface area contributed by atoms with Crippen molar-refractivity contribution in [2.24, 2.45) is 11.8 Å². The average Bonchev–Trinajstić information content (AvgIpc) is 2.50. The molecule has 1 aliphatic carbocycles. The molecule has 1 saturated heterocycles. The third-order valence-electron chi connectivity index (χ3n) is 5.59. The number of likely N-dealkylation sites (N-methyl/N-ethyl adjacent to an activating group) is 1. The topological polar surface area (TPSA) is 44.4 Å². The Morgan fingerprint density at radius 2 is 2.05 bits per heavy atom. The first kappa shape index (κ1) is 16.8. The maximum absolute atomic E-state index is 12.4. The van der Waals surface area contributed by atoms with Gasteiger partial charge in [0.2, 0.25) is 5.91 Å². The predicted octanol–water partition coefficient (Wildman–Crippen LogP) is 2.00. The molecule has 0 bridgehead atoms. The number of rotatable bonds is 5. The van der Waals surface area contributed by atoms with Crippen LogP contribution in [0.25, 0.3) is 0 Å². The lowest BCUT2D eigenvalue weighted by Crippen LogP contribution is -2.52. The Morgan fingerprint density at radius 3 is 2.71 bits per heavy atom.